The Morgan fingerprint density at radius 2 is 1.89 bits per heavy atom. The van der Waals surface area contributed by atoms with Crippen LogP contribution in [0.15, 0.2) is 46.9 Å². The van der Waals surface area contributed by atoms with Crippen molar-refractivity contribution in [3.8, 4) is 0 Å². The Bertz CT molecular complexity index is 689. The molecule has 1 aliphatic heterocycles. The minimum absolute atomic E-state index is 0.0654. The number of hydrogen-bond acceptors (Lipinski definition) is 2. The summed E-state index contributed by atoms with van der Waals surface area (Å²) in [6.45, 7) is 0. The number of hydrogen-bond donors (Lipinski definition) is 2. The number of para-hydroxylation sites is 1. The van der Waals surface area contributed by atoms with Crippen LogP contribution in [0.2, 0.25) is 0 Å². The predicted molar refractivity (Wildman–Crippen MR) is 72.2 cm³/mol. The van der Waals surface area contributed by atoms with Crippen LogP contribution in [0.3, 0.4) is 0 Å². The molecule has 0 saturated carbocycles. The molecule has 0 spiro atoms. The third kappa shape index (κ3) is 1.69. The highest BCUT2D eigenvalue weighted by molar-refractivity contribution is 9.10. The first-order chi connectivity index (χ1) is 9.03. The molecule has 0 aliphatic carbocycles. The van der Waals surface area contributed by atoms with Gasteiger partial charge in [-0.1, -0.05) is 34.1 Å². The monoisotopic (exact) mass is 321 g/mol. The van der Waals surface area contributed by atoms with Crippen molar-refractivity contribution in [2.75, 3.05) is 5.32 Å². The van der Waals surface area contributed by atoms with Gasteiger partial charge >= 0.3 is 0 Å². The number of aliphatic hydroxyl groups is 1. The van der Waals surface area contributed by atoms with Crippen LogP contribution in [-0.2, 0) is 10.4 Å². The van der Waals surface area contributed by atoms with Crippen LogP contribution >= 0.6 is 15.9 Å². The van der Waals surface area contributed by atoms with Crippen LogP contribution in [0, 0.1) is 5.82 Å². The lowest BCUT2D eigenvalue weighted by molar-refractivity contribution is -0.129. The normalized spacial score (nSPS) is 21.1. The van der Waals surface area contributed by atoms with Crippen LogP contribution in [0.5, 0.6) is 0 Å². The smallest absolute Gasteiger partial charge is 0.265 e. The van der Waals surface area contributed by atoms with Crippen LogP contribution < -0.4 is 5.32 Å². The van der Waals surface area contributed by atoms with Crippen LogP contribution in [0.1, 0.15) is 11.1 Å². The van der Waals surface area contributed by atoms with Gasteiger partial charge in [0.15, 0.2) is 5.60 Å². The maximum Gasteiger partial charge on any atom is 0.265 e. The number of fused-ring (bicyclic) bond motifs is 1. The Morgan fingerprint density at radius 1 is 1.16 bits per heavy atom. The van der Waals surface area contributed by atoms with Crippen LogP contribution in [-0.4, -0.2) is 11.0 Å². The van der Waals surface area contributed by atoms with Crippen molar-refractivity contribution in [1.29, 1.82) is 0 Å². The SMILES string of the molecule is O=C1Nc2ccccc2C1(O)c1cc(Br)ccc1F. The van der Waals surface area contributed by atoms with Gasteiger partial charge in [0.25, 0.3) is 5.91 Å². The molecule has 1 aliphatic rings. The van der Waals surface area contributed by atoms with E-state index in [1.807, 2.05) is 0 Å². The molecule has 5 heteroatoms. The maximum absolute atomic E-state index is 14.0. The number of halogens is 2. The Kier molecular flexibility index (Phi) is 2.69. The van der Waals surface area contributed by atoms with Crippen molar-refractivity contribution < 1.29 is 14.3 Å². The second-order valence-corrected chi connectivity index (χ2v) is 5.25. The molecule has 3 nitrogen and oxygen atoms in total. The van der Waals surface area contributed by atoms with Gasteiger partial charge < -0.3 is 10.4 Å². The highest BCUT2D eigenvalue weighted by Gasteiger charge is 2.48. The van der Waals surface area contributed by atoms with Gasteiger partial charge in [-0.3, -0.25) is 4.79 Å². The average molecular weight is 322 g/mol. The average Bonchev–Trinajstić information content (AvgIpc) is 2.66. The quantitative estimate of drug-likeness (QED) is 0.848. The zero-order valence-electron chi connectivity index (χ0n) is 9.65. The number of carbonyl (C=O) groups excluding carboxylic acids is 1. The molecule has 19 heavy (non-hydrogen) atoms. The second kappa shape index (κ2) is 4.15. The molecule has 2 aromatic carbocycles. The number of anilines is 1. The van der Waals surface area contributed by atoms with Crippen molar-refractivity contribution in [3.63, 3.8) is 0 Å². The lowest BCUT2D eigenvalue weighted by atomic mass is 9.87. The van der Waals surface area contributed by atoms with E-state index in [1.165, 1.54) is 18.2 Å². The Hall–Kier alpha value is -1.72. The summed E-state index contributed by atoms with van der Waals surface area (Å²) in [7, 11) is 0. The van der Waals surface area contributed by atoms with Gasteiger partial charge in [-0.15, -0.1) is 0 Å². The Balaban J connectivity index is 2.28. The third-order valence-corrected chi connectivity index (χ3v) is 3.71. The standard InChI is InChI=1S/C14H9BrFNO2/c15-8-5-6-11(16)10(7-8)14(19)9-3-1-2-4-12(9)17-13(14)18/h1-7,19H,(H,17,18). The molecule has 3 rings (SSSR count). The van der Waals surface area contributed by atoms with Gasteiger partial charge in [0.1, 0.15) is 5.82 Å². The van der Waals surface area contributed by atoms with Gasteiger partial charge in [-0.25, -0.2) is 4.39 Å². The molecule has 0 fully saturated rings. The highest BCUT2D eigenvalue weighted by atomic mass is 79.9. The third-order valence-electron chi connectivity index (χ3n) is 3.21. The molecule has 2 aromatic rings. The summed E-state index contributed by atoms with van der Waals surface area (Å²) in [5.41, 5.74) is -1.21. The van der Waals surface area contributed by atoms with E-state index >= 15 is 0 Å². The summed E-state index contributed by atoms with van der Waals surface area (Å²) in [6.07, 6.45) is 0. The number of amides is 1. The molecular weight excluding hydrogens is 313 g/mol. The van der Waals surface area contributed by atoms with E-state index in [4.69, 9.17) is 0 Å². The number of nitrogens with one attached hydrogen (secondary N) is 1. The van der Waals surface area contributed by atoms with E-state index in [0.717, 1.165) is 0 Å². The molecule has 0 bridgehead atoms. The predicted octanol–water partition coefficient (Wildman–Crippen LogP) is 2.78. The summed E-state index contributed by atoms with van der Waals surface area (Å²) >= 11 is 3.22. The summed E-state index contributed by atoms with van der Waals surface area (Å²) in [4.78, 5) is 12.1. The van der Waals surface area contributed by atoms with E-state index in [1.54, 1.807) is 24.3 Å². The van der Waals surface area contributed by atoms with Gasteiger partial charge in [0, 0.05) is 21.3 Å². The lowest BCUT2D eigenvalue weighted by Crippen LogP contribution is -2.36. The minimum Gasteiger partial charge on any atom is -0.372 e. The highest BCUT2D eigenvalue weighted by Crippen LogP contribution is 2.42. The largest absolute Gasteiger partial charge is 0.372 e. The van der Waals surface area contributed by atoms with Gasteiger partial charge in [-0.05, 0) is 24.3 Å². The maximum atomic E-state index is 14.0. The molecule has 0 saturated heterocycles. The van der Waals surface area contributed by atoms with Gasteiger partial charge in [-0.2, -0.15) is 0 Å². The van der Waals surface area contributed by atoms with E-state index < -0.39 is 17.3 Å². The molecule has 1 heterocycles. The molecule has 96 valence electrons. The van der Waals surface area contributed by atoms with Crippen molar-refractivity contribution in [3.05, 3.63) is 63.9 Å². The molecule has 2 N–H and O–H groups in total. The fourth-order valence-corrected chi connectivity index (χ4v) is 2.65. The number of rotatable bonds is 1. The van der Waals surface area contributed by atoms with Gasteiger partial charge in [0.05, 0.1) is 0 Å². The van der Waals surface area contributed by atoms with Crippen molar-refractivity contribution in [1.82, 2.24) is 0 Å². The van der Waals surface area contributed by atoms with E-state index in [9.17, 15) is 14.3 Å². The zero-order valence-corrected chi connectivity index (χ0v) is 11.2. The first-order valence-corrected chi connectivity index (χ1v) is 6.41. The van der Waals surface area contributed by atoms with Crippen LogP contribution in [0.25, 0.3) is 0 Å². The molecule has 1 atom stereocenters. The number of carbonyl (C=O) groups is 1. The topological polar surface area (TPSA) is 49.3 Å². The van der Waals surface area contributed by atoms with Crippen LogP contribution in [0.4, 0.5) is 10.1 Å². The van der Waals surface area contributed by atoms with E-state index in [2.05, 4.69) is 21.2 Å². The van der Waals surface area contributed by atoms with Crippen molar-refractivity contribution >= 4 is 27.5 Å². The Labute approximate surface area is 117 Å². The van der Waals surface area contributed by atoms with Gasteiger partial charge in [0.2, 0.25) is 0 Å². The van der Waals surface area contributed by atoms with Crippen molar-refractivity contribution in [2.24, 2.45) is 0 Å². The fraction of sp³-hybridized carbons (Fsp3) is 0.0714. The fourth-order valence-electron chi connectivity index (χ4n) is 2.28. The summed E-state index contributed by atoms with van der Waals surface area (Å²) in [5.74, 6) is -1.27. The first-order valence-electron chi connectivity index (χ1n) is 5.62. The molecule has 1 amide bonds. The second-order valence-electron chi connectivity index (χ2n) is 4.33. The minimum atomic E-state index is -2.00. The molecular formula is C14H9BrFNO2. The van der Waals surface area contributed by atoms with E-state index in [0.29, 0.717) is 15.7 Å². The molecule has 0 radical (unpaired) electrons. The van der Waals surface area contributed by atoms with Crippen molar-refractivity contribution in [2.45, 2.75) is 5.60 Å². The van der Waals surface area contributed by atoms with E-state index in [-0.39, 0.29) is 5.56 Å². The first kappa shape index (κ1) is 12.3. The summed E-state index contributed by atoms with van der Waals surface area (Å²) in [6, 6.07) is 10.8. The zero-order chi connectivity index (χ0) is 13.6. The number of benzene rings is 2. The Morgan fingerprint density at radius 3 is 2.68 bits per heavy atom. The molecule has 0 aromatic heterocycles. The lowest BCUT2D eigenvalue weighted by Gasteiger charge is -2.22. The summed E-state index contributed by atoms with van der Waals surface area (Å²) in [5, 5.41) is 13.3. The summed E-state index contributed by atoms with van der Waals surface area (Å²) < 4.78 is 14.6. The molecule has 1 unspecified atom stereocenters.